The normalized spacial score (nSPS) is 18.2. The van der Waals surface area contributed by atoms with E-state index >= 15 is 0 Å². The highest BCUT2D eigenvalue weighted by Crippen LogP contribution is 2.42. The van der Waals surface area contributed by atoms with Crippen molar-refractivity contribution in [2.24, 2.45) is 0 Å². The van der Waals surface area contributed by atoms with Crippen molar-refractivity contribution in [3.05, 3.63) is 76.2 Å². The Kier molecular flexibility index (Phi) is 6.46. The number of aromatic nitrogens is 1. The average molecular weight is 476 g/mol. The first-order valence-corrected chi connectivity index (χ1v) is 10.7. The van der Waals surface area contributed by atoms with Crippen LogP contribution in [0.4, 0.5) is 0 Å². The first kappa shape index (κ1) is 21.6. The number of hydrogen-bond donors (Lipinski definition) is 1. The van der Waals surface area contributed by atoms with Crippen LogP contribution in [0.3, 0.4) is 0 Å². The van der Waals surface area contributed by atoms with Crippen LogP contribution in [0.1, 0.15) is 30.0 Å². The van der Waals surface area contributed by atoms with E-state index in [-0.39, 0.29) is 24.5 Å². The molecule has 2 atom stereocenters. The van der Waals surface area contributed by atoms with E-state index in [0.29, 0.717) is 38.8 Å². The molecule has 1 aromatic carbocycles. The predicted molar refractivity (Wildman–Crippen MR) is 123 cm³/mol. The third-order valence-corrected chi connectivity index (χ3v) is 6.29. The minimum Gasteiger partial charge on any atom is -0.469 e. The number of carbonyl (C=O) groups is 1. The van der Waals surface area contributed by atoms with Gasteiger partial charge < -0.3 is 19.4 Å². The van der Waals surface area contributed by atoms with Crippen molar-refractivity contribution in [3.63, 3.8) is 0 Å². The fourth-order valence-corrected chi connectivity index (χ4v) is 4.35. The molecule has 1 aliphatic rings. The average Bonchev–Trinajstić information content (AvgIpc) is 3.39. The van der Waals surface area contributed by atoms with E-state index in [1.165, 1.54) is 7.11 Å². The van der Waals surface area contributed by atoms with Crippen LogP contribution < -0.4 is 5.32 Å². The van der Waals surface area contributed by atoms with Crippen LogP contribution in [0.15, 0.2) is 59.1 Å². The lowest BCUT2D eigenvalue weighted by Crippen LogP contribution is -2.31. The Hall–Kier alpha value is -2.61. The summed E-state index contributed by atoms with van der Waals surface area (Å²) in [5.74, 6) is 0.945. The van der Waals surface area contributed by atoms with Crippen molar-refractivity contribution in [2.75, 3.05) is 13.7 Å². The van der Waals surface area contributed by atoms with Gasteiger partial charge in [-0.1, -0.05) is 35.3 Å². The number of furan rings is 1. The number of methoxy groups -OCH3 is 1. The largest absolute Gasteiger partial charge is 0.469 e. The molecule has 0 spiro atoms. The molecule has 0 unspecified atom stereocenters. The van der Waals surface area contributed by atoms with Crippen LogP contribution in [-0.4, -0.2) is 34.6 Å². The molecule has 3 aromatic rings. The number of rotatable bonds is 6. The van der Waals surface area contributed by atoms with Gasteiger partial charge in [0.15, 0.2) is 5.11 Å². The summed E-state index contributed by atoms with van der Waals surface area (Å²) in [7, 11) is 1.37. The molecule has 9 heteroatoms. The molecule has 1 saturated heterocycles. The predicted octanol–water partition coefficient (Wildman–Crippen LogP) is 5.18. The molecule has 31 heavy (non-hydrogen) atoms. The van der Waals surface area contributed by atoms with Gasteiger partial charge in [0.25, 0.3) is 0 Å². The summed E-state index contributed by atoms with van der Waals surface area (Å²) in [5, 5.41) is 4.71. The molecule has 1 N–H and O–H groups in total. The van der Waals surface area contributed by atoms with E-state index in [0.717, 1.165) is 5.69 Å². The number of nitrogens with one attached hydrogen (secondary N) is 1. The van der Waals surface area contributed by atoms with Gasteiger partial charge in [0, 0.05) is 18.3 Å². The topological polar surface area (TPSA) is 67.6 Å². The first-order chi connectivity index (χ1) is 15.0. The minimum atomic E-state index is -0.311. The Morgan fingerprint density at radius 3 is 2.81 bits per heavy atom. The van der Waals surface area contributed by atoms with Gasteiger partial charge >= 0.3 is 5.97 Å². The Morgan fingerprint density at radius 1 is 1.23 bits per heavy atom. The Morgan fingerprint density at radius 2 is 2.06 bits per heavy atom. The molecule has 1 fully saturated rings. The number of ether oxygens (including phenoxy) is 1. The molecular formula is C22H19Cl2N3O3S. The first-order valence-electron chi connectivity index (χ1n) is 9.58. The Labute approximate surface area is 195 Å². The number of carbonyl (C=O) groups excluding carboxylic acids is 1. The number of pyridine rings is 1. The molecule has 3 heterocycles. The maximum absolute atomic E-state index is 11.8. The summed E-state index contributed by atoms with van der Waals surface area (Å²) in [4.78, 5) is 18.2. The van der Waals surface area contributed by atoms with E-state index in [4.69, 9.17) is 44.6 Å². The molecule has 0 amide bonds. The summed E-state index contributed by atoms with van der Waals surface area (Å²) in [6, 6.07) is 14.3. The highest BCUT2D eigenvalue weighted by atomic mass is 35.5. The third kappa shape index (κ3) is 4.39. The summed E-state index contributed by atoms with van der Waals surface area (Å²) < 4.78 is 11.0. The summed E-state index contributed by atoms with van der Waals surface area (Å²) >= 11 is 18.1. The van der Waals surface area contributed by atoms with Gasteiger partial charge in [-0.25, -0.2) is 0 Å². The summed E-state index contributed by atoms with van der Waals surface area (Å²) in [6.45, 7) is 0.375. The zero-order valence-corrected chi connectivity index (χ0v) is 18.9. The van der Waals surface area contributed by atoms with Gasteiger partial charge in [0.05, 0.1) is 35.3 Å². The molecule has 0 saturated carbocycles. The highest BCUT2D eigenvalue weighted by Gasteiger charge is 2.41. The molecule has 0 bridgehead atoms. The minimum absolute atomic E-state index is 0.192. The van der Waals surface area contributed by atoms with Crippen molar-refractivity contribution >= 4 is 46.5 Å². The SMILES string of the molecule is COC(=O)CCN1C(=S)N[C@@H](c2ccccn2)[C@@H]1c1ccc(-c2cccc(Cl)c2Cl)o1. The van der Waals surface area contributed by atoms with Crippen molar-refractivity contribution in [1.82, 2.24) is 15.2 Å². The second-order valence-electron chi connectivity index (χ2n) is 6.95. The van der Waals surface area contributed by atoms with Crippen LogP contribution in [0.25, 0.3) is 11.3 Å². The van der Waals surface area contributed by atoms with Crippen molar-refractivity contribution in [1.29, 1.82) is 0 Å². The van der Waals surface area contributed by atoms with Crippen LogP contribution in [0.5, 0.6) is 0 Å². The lowest BCUT2D eigenvalue weighted by Gasteiger charge is -2.25. The molecule has 1 aliphatic heterocycles. The summed E-state index contributed by atoms with van der Waals surface area (Å²) in [5.41, 5.74) is 1.51. The number of nitrogens with zero attached hydrogens (tertiary/aromatic N) is 2. The molecular weight excluding hydrogens is 457 g/mol. The maximum atomic E-state index is 11.8. The standard InChI is InChI=1S/C22H19Cl2N3O3S/c1-29-18(28)10-12-27-21(20(26-22(27)31)15-7-2-3-11-25-15)17-9-8-16(30-17)13-5-4-6-14(23)19(13)24/h2-9,11,20-21H,10,12H2,1H3,(H,26,31)/t20-,21-/m0/s1. The fraction of sp³-hybridized carbons (Fsp3) is 0.227. The van der Waals surface area contributed by atoms with E-state index in [1.807, 2.05) is 47.4 Å². The molecule has 160 valence electrons. The van der Waals surface area contributed by atoms with Gasteiger partial charge in [-0.15, -0.1) is 0 Å². The number of esters is 1. The molecule has 0 radical (unpaired) electrons. The van der Waals surface area contributed by atoms with Gasteiger partial charge in [-0.3, -0.25) is 9.78 Å². The number of halogens is 2. The van der Waals surface area contributed by atoms with Gasteiger partial charge in [0.1, 0.15) is 17.6 Å². The van der Waals surface area contributed by atoms with Gasteiger partial charge in [-0.2, -0.15) is 0 Å². The van der Waals surface area contributed by atoms with E-state index < -0.39 is 0 Å². The zero-order valence-electron chi connectivity index (χ0n) is 16.5. The number of benzene rings is 1. The Bertz CT molecular complexity index is 1110. The molecule has 0 aliphatic carbocycles. The second kappa shape index (κ2) is 9.26. The molecule has 2 aromatic heterocycles. The molecule has 6 nitrogen and oxygen atoms in total. The summed E-state index contributed by atoms with van der Waals surface area (Å²) in [6.07, 6.45) is 1.92. The van der Waals surface area contributed by atoms with Crippen LogP contribution in [0.2, 0.25) is 10.0 Å². The lowest BCUT2D eigenvalue weighted by molar-refractivity contribution is -0.140. The smallest absolute Gasteiger partial charge is 0.307 e. The number of thiocarbonyl (C=S) groups is 1. The van der Waals surface area contributed by atoms with Crippen LogP contribution in [-0.2, 0) is 9.53 Å². The van der Waals surface area contributed by atoms with E-state index in [9.17, 15) is 4.79 Å². The molecule has 4 rings (SSSR count). The van der Waals surface area contributed by atoms with Gasteiger partial charge in [0.2, 0.25) is 0 Å². The van der Waals surface area contributed by atoms with Gasteiger partial charge in [-0.05, 0) is 48.6 Å². The monoisotopic (exact) mass is 475 g/mol. The third-order valence-electron chi connectivity index (χ3n) is 5.12. The van der Waals surface area contributed by atoms with Crippen molar-refractivity contribution in [3.8, 4) is 11.3 Å². The maximum Gasteiger partial charge on any atom is 0.307 e. The zero-order chi connectivity index (χ0) is 22.0. The van der Waals surface area contributed by atoms with E-state index in [1.54, 1.807) is 12.3 Å². The second-order valence-corrected chi connectivity index (χ2v) is 8.12. The Balaban J connectivity index is 1.71. The highest BCUT2D eigenvalue weighted by molar-refractivity contribution is 7.80. The lowest BCUT2D eigenvalue weighted by atomic mass is 10.0. The van der Waals surface area contributed by atoms with Crippen LogP contribution >= 0.6 is 35.4 Å². The van der Waals surface area contributed by atoms with E-state index in [2.05, 4.69) is 10.3 Å². The quantitative estimate of drug-likeness (QED) is 0.388. The van der Waals surface area contributed by atoms with Crippen LogP contribution in [0, 0.1) is 0 Å². The van der Waals surface area contributed by atoms with Crippen molar-refractivity contribution in [2.45, 2.75) is 18.5 Å². The van der Waals surface area contributed by atoms with Crippen molar-refractivity contribution < 1.29 is 13.9 Å². The number of hydrogen-bond acceptors (Lipinski definition) is 5. The fourth-order valence-electron chi connectivity index (χ4n) is 3.62.